The van der Waals surface area contributed by atoms with Crippen molar-refractivity contribution in [3.63, 3.8) is 0 Å². The van der Waals surface area contributed by atoms with Crippen molar-refractivity contribution in [3.8, 4) is 0 Å². The van der Waals surface area contributed by atoms with Gasteiger partial charge in [0, 0.05) is 29.7 Å². The number of para-hydroxylation sites is 1. The van der Waals surface area contributed by atoms with E-state index >= 15 is 0 Å². The average Bonchev–Trinajstić information content (AvgIpc) is 3.25. The molecular formula is C24H30N4O2S. The zero-order valence-corrected chi connectivity index (χ0v) is 19.1. The van der Waals surface area contributed by atoms with Crippen molar-refractivity contribution >= 4 is 46.1 Å². The Morgan fingerprint density at radius 2 is 2.03 bits per heavy atom. The van der Waals surface area contributed by atoms with Gasteiger partial charge in [0.1, 0.15) is 12.2 Å². The molecule has 2 aromatic rings. The number of aryl methyl sites for hydroxylation is 1. The van der Waals surface area contributed by atoms with Gasteiger partial charge in [0.2, 0.25) is 5.91 Å². The van der Waals surface area contributed by atoms with Gasteiger partial charge in [-0.25, -0.2) is 0 Å². The molecule has 1 saturated heterocycles. The molecule has 2 amide bonds. The minimum absolute atomic E-state index is 0.0438. The second-order valence-electron chi connectivity index (χ2n) is 8.32. The summed E-state index contributed by atoms with van der Waals surface area (Å²) in [6.07, 6.45) is 10.5. The molecule has 1 aromatic carbocycles. The van der Waals surface area contributed by atoms with Crippen molar-refractivity contribution in [1.29, 1.82) is 0 Å². The maximum absolute atomic E-state index is 12.8. The summed E-state index contributed by atoms with van der Waals surface area (Å²) in [5.74, 6) is -0.0719. The molecular weight excluding hydrogens is 408 g/mol. The highest BCUT2D eigenvalue weighted by molar-refractivity contribution is 7.80. The summed E-state index contributed by atoms with van der Waals surface area (Å²) in [5, 5.41) is 7.71. The monoisotopic (exact) mass is 438 g/mol. The maximum atomic E-state index is 12.8. The van der Waals surface area contributed by atoms with Gasteiger partial charge in [-0.15, -0.1) is 0 Å². The highest BCUT2D eigenvalue weighted by atomic mass is 32.1. The summed E-state index contributed by atoms with van der Waals surface area (Å²) in [5.41, 5.74) is 3.62. The van der Waals surface area contributed by atoms with Crippen LogP contribution in [0.5, 0.6) is 0 Å². The summed E-state index contributed by atoms with van der Waals surface area (Å²) in [4.78, 5) is 27.0. The van der Waals surface area contributed by atoms with Crippen LogP contribution < -0.4 is 10.6 Å². The standard InChI is InChI=1S/C24H30N4O2S/c1-3-16-9-8-12-19-17(13-20-23(30)28(4-2)24(31)26-20)14-27(22(16)19)15-21(29)25-18-10-6-5-7-11-18/h8-9,12-14,18H,3-7,10-11,15H2,1-2H3,(H,25,29)(H,26,31)/b20-13-. The number of carbonyl (C=O) groups excluding carboxylic acids is 2. The Bertz CT molecular complexity index is 1050. The zero-order chi connectivity index (χ0) is 22.0. The molecule has 0 bridgehead atoms. The smallest absolute Gasteiger partial charge is 0.276 e. The van der Waals surface area contributed by atoms with E-state index in [0.29, 0.717) is 17.4 Å². The number of thiocarbonyl (C=S) groups is 1. The molecule has 1 aliphatic carbocycles. The number of aromatic nitrogens is 1. The van der Waals surface area contributed by atoms with Crippen molar-refractivity contribution in [2.75, 3.05) is 6.54 Å². The Kier molecular flexibility index (Phi) is 6.41. The van der Waals surface area contributed by atoms with Crippen LogP contribution in [0.2, 0.25) is 0 Å². The third kappa shape index (κ3) is 4.37. The second-order valence-corrected chi connectivity index (χ2v) is 8.71. The lowest BCUT2D eigenvalue weighted by Gasteiger charge is -2.23. The van der Waals surface area contributed by atoms with E-state index in [9.17, 15) is 9.59 Å². The minimum Gasteiger partial charge on any atom is -0.352 e. The Morgan fingerprint density at radius 3 is 2.71 bits per heavy atom. The van der Waals surface area contributed by atoms with Crippen molar-refractivity contribution in [2.45, 2.75) is 65.0 Å². The number of carbonyl (C=O) groups is 2. The van der Waals surface area contributed by atoms with Gasteiger partial charge >= 0.3 is 0 Å². The van der Waals surface area contributed by atoms with E-state index in [2.05, 4.69) is 23.6 Å². The summed E-state index contributed by atoms with van der Waals surface area (Å²) in [6, 6.07) is 6.47. The number of likely N-dealkylation sites (N-methyl/N-ethyl adjacent to an activating group) is 1. The first-order valence-corrected chi connectivity index (χ1v) is 11.7. The number of rotatable bonds is 6. The topological polar surface area (TPSA) is 66.4 Å². The third-order valence-electron chi connectivity index (χ3n) is 6.26. The van der Waals surface area contributed by atoms with Crippen molar-refractivity contribution in [1.82, 2.24) is 20.1 Å². The van der Waals surface area contributed by atoms with Gasteiger partial charge in [-0.3, -0.25) is 14.5 Å². The van der Waals surface area contributed by atoms with Crippen LogP contribution >= 0.6 is 12.2 Å². The molecule has 1 saturated carbocycles. The molecule has 1 aliphatic heterocycles. The van der Waals surface area contributed by atoms with Crippen LogP contribution in [0.25, 0.3) is 17.0 Å². The number of nitrogens with zero attached hydrogens (tertiary/aromatic N) is 2. The summed E-state index contributed by atoms with van der Waals surface area (Å²) < 4.78 is 2.02. The van der Waals surface area contributed by atoms with Gasteiger partial charge in [-0.1, -0.05) is 44.4 Å². The van der Waals surface area contributed by atoms with E-state index in [-0.39, 0.29) is 24.4 Å². The molecule has 0 unspecified atom stereocenters. The quantitative estimate of drug-likeness (QED) is 0.533. The summed E-state index contributed by atoms with van der Waals surface area (Å²) in [7, 11) is 0. The first-order chi connectivity index (χ1) is 15.0. The lowest BCUT2D eigenvalue weighted by Crippen LogP contribution is -2.38. The van der Waals surface area contributed by atoms with E-state index < -0.39 is 0 Å². The average molecular weight is 439 g/mol. The lowest BCUT2D eigenvalue weighted by molar-refractivity contribution is -0.123. The predicted molar refractivity (Wildman–Crippen MR) is 127 cm³/mol. The first-order valence-electron chi connectivity index (χ1n) is 11.3. The molecule has 2 aliphatic rings. The first kappa shape index (κ1) is 21.6. The fraction of sp³-hybridized carbons (Fsp3) is 0.458. The van der Waals surface area contributed by atoms with Gasteiger partial charge in [0.05, 0.1) is 5.52 Å². The van der Waals surface area contributed by atoms with E-state index in [0.717, 1.165) is 35.7 Å². The largest absolute Gasteiger partial charge is 0.352 e. The molecule has 1 aromatic heterocycles. The molecule has 2 fully saturated rings. The van der Waals surface area contributed by atoms with Gasteiger partial charge in [-0.2, -0.15) is 0 Å². The maximum Gasteiger partial charge on any atom is 0.276 e. The molecule has 4 rings (SSSR count). The molecule has 6 nitrogen and oxygen atoms in total. The molecule has 7 heteroatoms. The van der Waals surface area contributed by atoms with Crippen LogP contribution in [-0.4, -0.2) is 39.0 Å². The van der Waals surface area contributed by atoms with Crippen LogP contribution in [0.15, 0.2) is 30.1 Å². The van der Waals surface area contributed by atoms with Crippen LogP contribution in [-0.2, 0) is 22.6 Å². The molecule has 0 spiro atoms. The normalized spacial score (nSPS) is 18.8. The number of benzene rings is 1. The number of hydrogen-bond acceptors (Lipinski definition) is 3. The Balaban J connectivity index is 1.66. The fourth-order valence-electron chi connectivity index (χ4n) is 4.68. The predicted octanol–water partition coefficient (Wildman–Crippen LogP) is 3.73. The molecule has 0 atom stereocenters. The number of amides is 2. The Morgan fingerprint density at radius 1 is 1.26 bits per heavy atom. The summed E-state index contributed by atoms with van der Waals surface area (Å²) >= 11 is 5.28. The highest BCUT2D eigenvalue weighted by Crippen LogP contribution is 2.28. The van der Waals surface area contributed by atoms with Crippen molar-refractivity contribution in [2.24, 2.45) is 0 Å². The van der Waals surface area contributed by atoms with Crippen LogP contribution in [0, 0.1) is 0 Å². The molecule has 164 valence electrons. The van der Waals surface area contributed by atoms with Gasteiger partial charge in [0.25, 0.3) is 5.91 Å². The molecule has 2 heterocycles. The van der Waals surface area contributed by atoms with E-state index in [1.807, 2.05) is 35.9 Å². The third-order valence-corrected chi connectivity index (χ3v) is 6.58. The van der Waals surface area contributed by atoms with E-state index in [1.165, 1.54) is 24.8 Å². The Hall–Kier alpha value is -2.67. The lowest BCUT2D eigenvalue weighted by atomic mass is 9.95. The van der Waals surface area contributed by atoms with Crippen LogP contribution in [0.4, 0.5) is 0 Å². The minimum atomic E-state index is -0.116. The number of nitrogens with one attached hydrogen (secondary N) is 2. The van der Waals surface area contributed by atoms with Gasteiger partial charge < -0.3 is 15.2 Å². The molecule has 2 N–H and O–H groups in total. The second kappa shape index (κ2) is 9.22. The van der Waals surface area contributed by atoms with Crippen LogP contribution in [0.1, 0.15) is 57.1 Å². The SMILES string of the molecule is CCc1cccc2c(/C=C3\NC(=S)N(CC)C3=O)cn(CC(=O)NC3CCCCC3)c12. The van der Waals surface area contributed by atoms with Crippen LogP contribution in [0.3, 0.4) is 0 Å². The van der Waals surface area contributed by atoms with Gasteiger partial charge in [-0.05, 0) is 50.0 Å². The van der Waals surface area contributed by atoms with Crippen molar-refractivity contribution in [3.05, 3.63) is 41.2 Å². The zero-order valence-electron chi connectivity index (χ0n) is 18.2. The summed E-state index contributed by atoms with van der Waals surface area (Å²) in [6.45, 7) is 4.82. The number of hydrogen-bond donors (Lipinski definition) is 2. The van der Waals surface area contributed by atoms with E-state index in [4.69, 9.17) is 12.2 Å². The fourth-order valence-corrected chi connectivity index (χ4v) is 5.00. The van der Waals surface area contributed by atoms with E-state index in [1.54, 1.807) is 4.90 Å². The number of fused-ring (bicyclic) bond motifs is 1. The Labute approximate surface area is 188 Å². The molecule has 31 heavy (non-hydrogen) atoms. The van der Waals surface area contributed by atoms with Gasteiger partial charge in [0.15, 0.2) is 5.11 Å². The highest BCUT2D eigenvalue weighted by Gasteiger charge is 2.29. The molecule has 0 radical (unpaired) electrons. The van der Waals surface area contributed by atoms with Crippen molar-refractivity contribution < 1.29 is 9.59 Å².